The fourth-order valence-corrected chi connectivity index (χ4v) is 2.92. The summed E-state index contributed by atoms with van der Waals surface area (Å²) in [6.07, 6.45) is 2.51. The number of phenols is 1. The Morgan fingerprint density at radius 1 is 1.11 bits per heavy atom. The highest BCUT2D eigenvalue weighted by Gasteiger charge is 2.23. The Hall–Kier alpha value is -2.82. The van der Waals surface area contributed by atoms with E-state index in [2.05, 4.69) is 31.0 Å². The van der Waals surface area contributed by atoms with Crippen molar-refractivity contribution in [2.75, 3.05) is 6.61 Å². The third-order valence-corrected chi connectivity index (χ3v) is 4.29. The Balaban J connectivity index is 2.03. The van der Waals surface area contributed by atoms with Gasteiger partial charge in [0.15, 0.2) is 0 Å². The predicted octanol–water partition coefficient (Wildman–Crippen LogP) is 4.91. The summed E-state index contributed by atoms with van der Waals surface area (Å²) in [6.45, 7) is 10.8. The quantitative estimate of drug-likeness (QED) is 0.516. The van der Waals surface area contributed by atoms with Gasteiger partial charge in [0.05, 0.1) is 12.9 Å². The van der Waals surface area contributed by atoms with Crippen LogP contribution < -0.4 is 0 Å². The second kappa shape index (κ2) is 7.43. The Labute approximate surface area is 160 Å². The number of ether oxygens (including phenoxy) is 1. The number of benzene rings is 2. The summed E-state index contributed by atoms with van der Waals surface area (Å²) in [5.74, 6) is 0.219. The van der Waals surface area contributed by atoms with Crippen molar-refractivity contribution in [1.82, 2.24) is 15.0 Å². The zero-order valence-electron chi connectivity index (χ0n) is 16.7. The maximum atomic E-state index is 10.9. The molecule has 27 heavy (non-hydrogen) atoms. The average molecular weight is 365 g/mol. The topological polar surface area (TPSA) is 60.2 Å². The van der Waals surface area contributed by atoms with Crippen LogP contribution in [0.4, 0.5) is 0 Å². The molecule has 3 aromatic rings. The second-order valence-corrected chi connectivity index (χ2v) is 8.06. The van der Waals surface area contributed by atoms with E-state index in [1.165, 1.54) is 4.80 Å². The van der Waals surface area contributed by atoms with Gasteiger partial charge in [-0.25, -0.2) is 0 Å². The fourth-order valence-electron chi connectivity index (χ4n) is 2.92. The van der Waals surface area contributed by atoms with Crippen molar-refractivity contribution < 1.29 is 9.84 Å². The van der Waals surface area contributed by atoms with E-state index in [9.17, 15) is 5.11 Å². The highest BCUT2D eigenvalue weighted by molar-refractivity contribution is 5.73. The molecule has 0 bridgehead atoms. The smallest absolute Gasteiger partial charge is 0.146 e. The van der Waals surface area contributed by atoms with E-state index in [4.69, 9.17) is 4.74 Å². The molecule has 0 aliphatic heterocycles. The first-order chi connectivity index (χ1) is 12.8. The Morgan fingerprint density at radius 3 is 2.30 bits per heavy atom. The SMILES string of the molecule is CC(C)=COCCc1cc(-n2nc3ccccc3n2)c(O)c(C(C)(C)C)c1. The van der Waals surface area contributed by atoms with Crippen LogP contribution in [0.5, 0.6) is 5.75 Å². The van der Waals surface area contributed by atoms with Crippen molar-refractivity contribution in [1.29, 1.82) is 0 Å². The maximum Gasteiger partial charge on any atom is 0.146 e. The van der Waals surface area contributed by atoms with Crippen LogP contribution in [0, 0.1) is 0 Å². The molecule has 0 amide bonds. The van der Waals surface area contributed by atoms with Crippen LogP contribution in [0.25, 0.3) is 16.7 Å². The van der Waals surface area contributed by atoms with Gasteiger partial charge in [-0.2, -0.15) is 0 Å². The normalized spacial score (nSPS) is 11.6. The molecule has 0 spiro atoms. The summed E-state index contributed by atoms with van der Waals surface area (Å²) >= 11 is 0. The van der Waals surface area contributed by atoms with Gasteiger partial charge in [-0.3, -0.25) is 0 Å². The van der Waals surface area contributed by atoms with E-state index in [1.54, 1.807) is 6.26 Å². The monoisotopic (exact) mass is 365 g/mol. The standard InChI is InChI=1S/C22H27N3O2/c1-15(2)14-27-11-10-16-12-17(22(3,4)5)21(26)20(13-16)25-23-18-8-6-7-9-19(18)24-25/h6-9,12-14,26H,10-11H2,1-5H3. The number of fused-ring (bicyclic) bond motifs is 1. The lowest BCUT2D eigenvalue weighted by Gasteiger charge is -2.23. The van der Waals surface area contributed by atoms with Crippen molar-refractivity contribution in [3.63, 3.8) is 0 Å². The van der Waals surface area contributed by atoms with Crippen molar-refractivity contribution in [2.45, 2.75) is 46.5 Å². The first kappa shape index (κ1) is 19.0. The van der Waals surface area contributed by atoms with Crippen LogP contribution in [-0.4, -0.2) is 26.7 Å². The van der Waals surface area contributed by atoms with E-state index in [0.717, 1.165) is 34.2 Å². The highest BCUT2D eigenvalue weighted by atomic mass is 16.5. The minimum absolute atomic E-state index is 0.206. The van der Waals surface area contributed by atoms with Gasteiger partial charge in [-0.15, -0.1) is 15.0 Å². The fraction of sp³-hybridized carbons (Fsp3) is 0.364. The van der Waals surface area contributed by atoms with Gasteiger partial charge in [-0.05, 0) is 48.6 Å². The minimum atomic E-state index is -0.206. The third kappa shape index (κ3) is 4.30. The van der Waals surface area contributed by atoms with E-state index >= 15 is 0 Å². The molecule has 1 N–H and O–H groups in total. The van der Waals surface area contributed by atoms with E-state index in [0.29, 0.717) is 12.3 Å². The molecule has 0 fully saturated rings. The zero-order valence-corrected chi connectivity index (χ0v) is 16.7. The van der Waals surface area contributed by atoms with Crippen LogP contribution in [0.2, 0.25) is 0 Å². The molecule has 0 atom stereocenters. The number of aromatic hydroxyl groups is 1. The van der Waals surface area contributed by atoms with Crippen molar-refractivity contribution in [3.05, 3.63) is 59.4 Å². The summed E-state index contributed by atoms with van der Waals surface area (Å²) in [4.78, 5) is 1.52. The lowest BCUT2D eigenvalue weighted by molar-refractivity contribution is 0.250. The summed E-state index contributed by atoms with van der Waals surface area (Å²) in [5, 5.41) is 20.0. The number of rotatable bonds is 5. The van der Waals surface area contributed by atoms with Crippen LogP contribution in [-0.2, 0) is 16.6 Å². The molecule has 0 saturated carbocycles. The number of aromatic nitrogens is 3. The molecule has 142 valence electrons. The Morgan fingerprint density at radius 2 is 1.74 bits per heavy atom. The number of phenolic OH excluding ortho intramolecular Hbond substituents is 1. The van der Waals surface area contributed by atoms with Crippen LogP contribution in [0.15, 0.2) is 48.2 Å². The number of hydrogen-bond acceptors (Lipinski definition) is 4. The molecule has 5 heteroatoms. The molecule has 0 aliphatic rings. The third-order valence-electron chi connectivity index (χ3n) is 4.29. The zero-order chi connectivity index (χ0) is 19.6. The largest absolute Gasteiger partial charge is 0.505 e. The molecule has 1 heterocycles. The highest BCUT2D eigenvalue weighted by Crippen LogP contribution is 2.36. The number of allylic oxidation sites excluding steroid dienone is 1. The van der Waals surface area contributed by atoms with Gasteiger partial charge in [0.1, 0.15) is 22.5 Å². The van der Waals surface area contributed by atoms with Crippen LogP contribution in [0.3, 0.4) is 0 Å². The molecule has 0 unspecified atom stereocenters. The molecule has 1 aromatic heterocycles. The van der Waals surface area contributed by atoms with E-state index in [-0.39, 0.29) is 11.2 Å². The number of hydrogen-bond donors (Lipinski definition) is 1. The van der Waals surface area contributed by atoms with Gasteiger partial charge < -0.3 is 9.84 Å². The first-order valence-electron chi connectivity index (χ1n) is 9.19. The lowest BCUT2D eigenvalue weighted by atomic mass is 9.84. The summed E-state index contributed by atoms with van der Waals surface area (Å²) in [6, 6.07) is 11.7. The Kier molecular flexibility index (Phi) is 5.22. The van der Waals surface area contributed by atoms with Crippen molar-refractivity contribution in [3.8, 4) is 11.4 Å². The molecule has 0 radical (unpaired) electrons. The average Bonchev–Trinajstić information content (AvgIpc) is 3.02. The van der Waals surface area contributed by atoms with Crippen LogP contribution >= 0.6 is 0 Å². The van der Waals surface area contributed by atoms with Gasteiger partial charge in [0.2, 0.25) is 0 Å². The Bertz CT molecular complexity index is 944. The lowest BCUT2D eigenvalue weighted by Crippen LogP contribution is -2.14. The van der Waals surface area contributed by atoms with Gasteiger partial charge >= 0.3 is 0 Å². The molecule has 0 saturated heterocycles. The molecule has 0 aliphatic carbocycles. The molecule has 2 aromatic carbocycles. The summed E-state index contributed by atoms with van der Waals surface area (Å²) in [7, 11) is 0. The van der Waals surface area contributed by atoms with Gasteiger partial charge in [-0.1, -0.05) is 39.0 Å². The molecular weight excluding hydrogens is 338 g/mol. The molecular formula is C22H27N3O2. The van der Waals surface area contributed by atoms with Gasteiger partial charge in [0, 0.05) is 12.0 Å². The molecule has 3 rings (SSSR count). The van der Waals surface area contributed by atoms with Crippen LogP contribution in [0.1, 0.15) is 45.7 Å². The number of nitrogens with zero attached hydrogens (tertiary/aromatic N) is 3. The van der Waals surface area contributed by atoms with Crippen molar-refractivity contribution >= 4 is 11.0 Å². The van der Waals surface area contributed by atoms with Crippen molar-refractivity contribution in [2.24, 2.45) is 0 Å². The first-order valence-corrected chi connectivity index (χ1v) is 9.19. The summed E-state index contributed by atoms with van der Waals surface area (Å²) < 4.78 is 5.59. The molecule has 5 nitrogen and oxygen atoms in total. The van der Waals surface area contributed by atoms with E-state index in [1.807, 2.05) is 50.2 Å². The van der Waals surface area contributed by atoms with E-state index < -0.39 is 0 Å². The predicted molar refractivity (Wildman–Crippen MR) is 108 cm³/mol. The maximum absolute atomic E-state index is 10.9. The summed E-state index contributed by atoms with van der Waals surface area (Å²) in [5.41, 5.74) is 5.07. The second-order valence-electron chi connectivity index (χ2n) is 8.06. The minimum Gasteiger partial charge on any atom is -0.505 e. The van der Waals surface area contributed by atoms with Gasteiger partial charge in [0.25, 0.3) is 0 Å².